The number of hydrogen-bond acceptors (Lipinski definition) is 1. The van der Waals surface area contributed by atoms with Gasteiger partial charge in [-0.1, -0.05) is 43.1 Å². The Kier molecular flexibility index (Phi) is 7.04. The minimum Gasteiger partial charge on any atom is -0.310 e. The predicted molar refractivity (Wildman–Crippen MR) is 87.3 cm³/mol. The van der Waals surface area contributed by atoms with Gasteiger partial charge in [0, 0.05) is 14.1 Å². The first-order chi connectivity index (χ1) is 8.10. The maximum Gasteiger partial charge on any atom is 0.0357 e. The third kappa shape index (κ3) is 4.52. The van der Waals surface area contributed by atoms with E-state index in [1.165, 1.54) is 26.4 Å². The smallest absolute Gasteiger partial charge is 0.0357 e. The van der Waals surface area contributed by atoms with E-state index in [0.717, 1.165) is 6.54 Å². The molecule has 0 amide bonds. The Hall–Kier alpha value is 0.390. The van der Waals surface area contributed by atoms with Gasteiger partial charge in [0.15, 0.2) is 0 Å². The molecule has 2 unspecified atom stereocenters. The Bertz CT molecular complexity index is 354. The van der Waals surface area contributed by atoms with Crippen LogP contribution in [0.5, 0.6) is 0 Å². The molecule has 1 nitrogen and oxygen atoms in total. The first-order valence-corrected chi connectivity index (χ1v) is 8.15. The van der Waals surface area contributed by atoms with E-state index in [0.29, 0.717) is 12.0 Å². The lowest BCUT2D eigenvalue weighted by molar-refractivity contribution is 0.368. The average molecular weight is 410 g/mol. The van der Waals surface area contributed by atoms with E-state index in [2.05, 4.69) is 82.8 Å². The highest BCUT2D eigenvalue weighted by molar-refractivity contribution is 14.1. The zero-order valence-electron chi connectivity index (χ0n) is 10.8. The van der Waals surface area contributed by atoms with Gasteiger partial charge in [0.25, 0.3) is 0 Å². The number of halogens is 2. The summed E-state index contributed by atoms with van der Waals surface area (Å²) < 4.78 is 2.51. The van der Waals surface area contributed by atoms with Crippen LogP contribution in [0.25, 0.3) is 0 Å². The summed E-state index contributed by atoms with van der Waals surface area (Å²) in [7, 11) is 0. The van der Waals surface area contributed by atoms with E-state index in [9.17, 15) is 0 Å². The lowest BCUT2D eigenvalue weighted by atomic mass is 9.91. The molecule has 1 aromatic carbocycles. The summed E-state index contributed by atoms with van der Waals surface area (Å²) in [5.74, 6) is 0.662. The van der Waals surface area contributed by atoms with Crippen LogP contribution in [0.4, 0.5) is 0 Å². The summed E-state index contributed by atoms with van der Waals surface area (Å²) in [6, 6.07) is 7.02. The highest BCUT2D eigenvalue weighted by atomic mass is 127. The predicted octanol–water partition coefficient (Wildman–Crippen LogP) is 5.14. The van der Waals surface area contributed by atoms with Crippen LogP contribution >= 0.6 is 38.5 Å². The van der Waals surface area contributed by atoms with Gasteiger partial charge in [-0.2, -0.15) is 0 Å². The van der Waals surface area contributed by atoms with Gasteiger partial charge in [-0.15, -0.1) is 0 Å². The molecule has 0 saturated carbocycles. The molecule has 0 aromatic heterocycles. The number of hydrogen-bond donors (Lipinski definition) is 1. The molecule has 0 spiro atoms. The number of benzene rings is 1. The van der Waals surface area contributed by atoms with Crippen LogP contribution in [0.15, 0.2) is 22.7 Å². The Morgan fingerprint density at radius 2 is 2.06 bits per heavy atom. The fourth-order valence-electron chi connectivity index (χ4n) is 2.21. The molecule has 17 heavy (non-hydrogen) atoms. The van der Waals surface area contributed by atoms with Crippen LogP contribution < -0.4 is 5.32 Å². The minimum atomic E-state index is 0.448. The van der Waals surface area contributed by atoms with Gasteiger partial charge < -0.3 is 5.32 Å². The molecular weight excluding hydrogens is 389 g/mol. The quantitative estimate of drug-likeness (QED) is 0.641. The fraction of sp³-hybridized carbons (Fsp3) is 0.571. The van der Waals surface area contributed by atoms with Gasteiger partial charge in [-0.25, -0.2) is 0 Å². The van der Waals surface area contributed by atoms with E-state index in [-0.39, 0.29) is 0 Å². The molecule has 1 N–H and O–H groups in total. The maximum atomic E-state index is 3.68. The van der Waals surface area contributed by atoms with Crippen molar-refractivity contribution < 1.29 is 0 Å². The van der Waals surface area contributed by atoms with Gasteiger partial charge in [0.2, 0.25) is 0 Å². The van der Waals surface area contributed by atoms with E-state index >= 15 is 0 Å². The van der Waals surface area contributed by atoms with Gasteiger partial charge in [0.05, 0.1) is 0 Å². The summed E-state index contributed by atoms with van der Waals surface area (Å²) in [5.41, 5.74) is 1.39. The van der Waals surface area contributed by atoms with Crippen LogP contribution in [-0.4, -0.2) is 6.54 Å². The molecule has 1 rings (SSSR count). The summed E-state index contributed by atoms with van der Waals surface area (Å²) in [4.78, 5) is 0. The third-order valence-electron chi connectivity index (χ3n) is 3.03. The largest absolute Gasteiger partial charge is 0.310 e. The summed E-state index contributed by atoms with van der Waals surface area (Å²) in [6.45, 7) is 7.77. The topological polar surface area (TPSA) is 12.0 Å². The Morgan fingerprint density at radius 3 is 2.65 bits per heavy atom. The zero-order chi connectivity index (χ0) is 12.8. The molecule has 0 radical (unpaired) electrons. The Balaban J connectivity index is 2.99. The van der Waals surface area contributed by atoms with Gasteiger partial charge in [-0.3, -0.25) is 0 Å². The van der Waals surface area contributed by atoms with Crippen molar-refractivity contribution in [3.63, 3.8) is 0 Å². The standard InChI is InChI=1S/C14H21BrIN/c1-4-6-10(3)14(17-5-2)12-9-11(16)7-8-13(12)15/h7-10,14,17H,4-6H2,1-3H3. The highest BCUT2D eigenvalue weighted by Crippen LogP contribution is 2.32. The molecule has 0 fully saturated rings. The van der Waals surface area contributed by atoms with Crippen LogP contribution in [0.1, 0.15) is 45.2 Å². The van der Waals surface area contributed by atoms with Gasteiger partial charge in [0.1, 0.15) is 0 Å². The van der Waals surface area contributed by atoms with Crippen LogP contribution in [-0.2, 0) is 0 Å². The van der Waals surface area contributed by atoms with Crippen LogP contribution in [0, 0.1) is 9.49 Å². The van der Waals surface area contributed by atoms with E-state index in [1.807, 2.05) is 0 Å². The molecule has 1 aromatic rings. The molecule has 0 bridgehead atoms. The molecular formula is C14H21BrIN. The molecule has 0 saturated heterocycles. The second-order valence-corrected chi connectivity index (χ2v) is 6.57. The lowest BCUT2D eigenvalue weighted by Gasteiger charge is -2.26. The van der Waals surface area contributed by atoms with Crippen molar-refractivity contribution >= 4 is 38.5 Å². The Labute approximate surface area is 127 Å². The van der Waals surface area contributed by atoms with Crippen molar-refractivity contribution in [3.8, 4) is 0 Å². The van der Waals surface area contributed by atoms with Gasteiger partial charge >= 0.3 is 0 Å². The van der Waals surface area contributed by atoms with E-state index in [1.54, 1.807) is 0 Å². The Morgan fingerprint density at radius 1 is 1.35 bits per heavy atom. The van der Waals surface area contributed by atoms with E-state index in [4.69, 9.17) is 0 Å². The van der Waals surface area contributed by atoms with Crippen molar-refractivity contribution in [3.05, 3.63) is 31.8 Å². The molecule has 0 aliphatic rings. The lowest BCUT2D eigenvalue weighted by Crippen LogP contribution is -2.27. The molecule has 96 valence electrons. The summed E-state index contributed by atoms with van der Waals surface area (Å²) >= 11 is 6.06. The van der Waals surface area contributed by atoms with Gasteiger partial charge in [-0.05, 0) is 65.2 Å². The monoisotopic (exact) mass is 409 g/mol. The molecule has 3 heteroatoms. The minimum absolute atomic E-state index is 0.448. The number of rotatable bonds is 6. The summed E-state index contributed by atoms with van der Waals surface area (Å²) in [6.07, 6.45) is 2.50. The normalized spacial score (nSPS) is 14.6. The highest BCUT2D eigenvalue weighted by Gasteiger charge is 2.20. The van der Waals surface area contributed by atoms with Crippen molar-refractivity contribution in [1.29, 1.82) is 0 Å². The van der Waals surface area contributed by atoms with Crippen LogP contribution in [0.3, 0.4) is 0 Å². The maximum absolute atomic E-state index is 3.68. The molecule has 0 heterocycles. The van der Waals surface area contributed by atoms with Crippen molar-refractivity contribution in [2.75, 3.05) is 6.54 Å². The second-order valence-electron chi connectivity index (χ2n) is 4.47. The zero-order valence-corrected chi connectivity index (χ0v) is 14.5. The van der Waals surface area contributed by atoms with Crippen molar-refractivity contribution in [1.82, 2.24) is 5.32 Å². The number of nitrogens with one attached hydrogen (secondary N) is 1. The SMILES string of the molecule is CCCC(C)C(NCC)c1cc(I)ccc1Br. The van der Waals surface area contributed by atoms with Crippen molar-refractivity contribution in [2.45, 2.75) is 39.7 Å². The molecule has 0 aliphatic heterocycles. The van der Waals surface area contributed by atoms with Crippen molar-refractivity contribution in [2.24, 2.45) is 5.92 Å². The fourth-order valence-corrected chi connectivity index (χ4v) is 3.22. The van der Waals surface area contributed by atoms with Crippen LogP contribution in [0.2, 0.25) is 0 Å². The second kappa shape index (κ2) is 7.74. The van der Waals surface area contributed by atoms with E-state index < -0.39 is 0 Å². The first kappa shape index (κ1) is 15.4. The average Bonchev–Trinajstić information content (AvgIpc) is 2.30. The first-order valence-electron chi connectivity index (χ1n) is 6.28. The molecule has 2 atom stereocenters. The molecule has 0 aliphatic carbocycles. The summed E-state index contributed by atoms with van der Waals surface area (Å²) in [5, 5.41) is 3.62. The third-order valence-corrected chi connectivity index (χ3v) is 4.42.